The van der Waals surface area contributed by atoms with E-state index in [1.807, 2.05) is 24.3 Å². The van der Waals surface area contributed by atoms with Gasteiger partial charge < -0.3 is 19.6 Å². The third-order valence-corrected chi connectivity index (χ3v) is 7.02. The number of ketones is 1. The zero-order valence-electron chi connectivity index (χ0n) is 17.8. The van der Waals surface area contributed by atoms with Crippen LogP contribution in [0.15, 0.2) is 34.9 Å². The molecule has 1 N–H and O–H groups in total. The number of aromatic nitrogens is 1. The molecule has 2 aliphatic heterocycles. The first-order chi connectivity index (χ1) is 15.3. The molecule has 6 heteroatoms. The lowest BCUT2D eigenvalue weighted by Gasteiger charge is -2.30. The highest BCUT2D eigenvalue weighted by molar-refractivity contribution is 6.28. The molecule has 0 unspecified atom stereocenters. The number of nitrogens with one attached hydrogen (secondary N) is 1. The number of carbonyl (C=O) groups excluding carboxylic acids is 1. The lowest BCUT2D eigenvalue weighted by atomic mass is 9.86. The van der Waals surface area contributed by atoms with E-state index in [4.69, 9.17) is 4.52 Å². The summed E-state index contributed by atoms with van der Waals surface area (Å²) >= 11 is 0. The molecule has 1 aliphatic carbocycles. The Hall–Kier alpha value is -2.86. The van der Waals surface area contributed by atoms with Crippen molar-refractivity contribution < 1.29 is 9.32 Å². The molecule has 0 saturated carbocycles. The highest BCUT2D eigenvalue weighted by Gasteiger charge is 2.33. The minimum absolute atomic E-state index is 0.0603. The number of rotatable bonds is 5. The Morgan fingerprint density at radius 1 is 0.968 bits per heavy atom. The van der Waals surface area contributed by atoms with E-state index in [1.165, 1.54) is 45.2 Å². The molecule has 2 aromatic carbocycles. The van der Waals surface area contributed by atoms with Crippen molar-refractivity contribution in [3.8, 4) is 11.3 Å². The fourth-order valence-corrected chi connectivity index (χ4v) is 5.41. The van der Waals surface area contributed by atoms with Crippen LogP contribution in [-0.2, 0) is 0 Å². The summed E-state index contributed by atoms with van der Waals surface area (Å²) < 4.78 is 5.88. The summed E-state index contributed by atoms with van der Waals surface area (Å²) in [6, 6.07) is 9.86. The van der Waals surface area contributed by atoms with Crippen LogP contribution in [0.5, 0.6) is 0 Å². The first-order valence-corrected chi connectivity index (χ1v) is 11.6. The molecular weight excluding hydrogens is 388 g/mol. The molecule has 0 amide bonds. The van der Waals surface area contributed by atoms with E-state index < -0.39 is 0 Å². The molecule has 0 spiro atoms. The van der Waals surface area contributed by atoms with E-state index >= 15 is 0 Å². The van der Waals surface area contributed by atoms with Crippen LogP contribution < -0.4 is 10.2 Å². The summed E-state index contributed by atoms with van der Waals surface area (Å²) in [5, 5.41) is 8.97. The largest absolute Gasteiger partial charge is 0.383 e. The van der Waals surface area contributed by atoms with Gasteiger partial charge in [-0.3, -0.25) is 4.79 Å². The Labute approximate surface area is 182 Å². The van der Waals surface area contributed by atoms with Crippen LogP contribution in [0.3, 0.4) is 0 Å². The van der Waals surface area contributed by atoms with E-state index in [0.717, 1.165) is 59.8 Å². The summed E-state index contributed by atoms with van der Waals surface area (Å²) in [7, 11) is 0. The molecule has 160 valence electrons. The van der Waals surface area contributed by atoms with Crippen LogP contribution >= 0.6 is 0 Å². The molecule has 3 heterocycles. The number of anilines is 2. The van der Waals surface area contributed by atoms with E-state index in [2.05, 4.69) is 26.3 Å². The number of benzene rings is 2. The average Bonchev–Trinajstić information content (AvgIpc) is 3.49. The van der Waals surface area contributed by atoms with Crippen LogP contribution in [0, 0.1) is 0 Å². The van der Waals surface area contributed by atoms with Gasteiger partial charge in [-0.2, -0.15) is 0 Å². The Morgan fingerprint density at radius 3 is 2.52 bits per heavy atom. The standard InChI is InChI=1S/C25H28N4O2/c30-24-17-8-2-3-9-18(17)25-22-21(24)19(26-10-15-28-11-6-7-12-28)16-20(23(22)27-31-25)29-13-4-1-5-14-29/h2-3,8-9,16,26H,1,4-7,10-15H2. The maximum Gasteiger partial charge on any atom is 0.196 e. The average molecular weight is 417 g/mol. The molecule has 2 saturated heterocycles. The van der Waals surface area contributed by atoms with Gasteiger partial charge in [0.1, 0.15) is 5.52 Å². The van der Waals surface area contributed by atoms with Gasteiger partial charge in [0, 0.05) is 43.0 Å². The Morgan fingerprint density at radius 2 is 1.71 bits per heavy atom. The number of likely N-dealkylation sites (tertiary alicyclic amines) is 1. The van der Waals surface area contributed by atoms with Crippen LogP contribution in [0.1, 0.15) is 48.0 Å². The molecular formula is C25H28N4O2. The van der Waals surface area contributed by atoms with Crippen LogP contribution in [0.4, 0.5) is 11.4 Å². The topological polar surface area (TPSA) is 61.6 Å². The first kappa shape index (κ1) is 18.9. The molecule has 0 bridgehead atoms. The van der Waals surface area contributed by atoms with Crippen molar-refractivity contribution in [3.63, 3.8) is 0 Å². The Bertz CT molecular complexity index is 1140. The second kappa shape index (κ2) is 7.68. The monoisotopic (exact) mass is 416 g/mol. The van der Waals surface area contributed by atoms with Gasteiger partial charge in [0.15, 0.2) is 11.5 Å². The van der Waals surface area contributed by atoms with Gasteiger partial charge in [-0.15, -0.1) is 0 Å². The third-order valence-electron chi connectivity index (χ3n) is 7.02. The summed E-state index contributed by atoms with van der Waals surface area (Å²) in [5.41, 5.74) is 5.08. The van der Waals surface area contributed by atoms with Crippen LogP contribution in [0.25, 0.3) is 22.2 Å². The molecule has 2 fully saturated rings. The van der Waals surface area contributed by atoms with Crippen LogP contribution in [-0.4, -0.2) is 55.1 Å². The van der Waals surface area contributed by atoms with Crippen molar-refractivity contribution in [2.24, 2.45) is 0 Å². The molecule has 1 aromatic heterocycles. The number of hydrogen-bond acceptors (Lipinski definition) is 6. The van der Waals surface area contributed by atoms with Gasteiger partial charge in [0.25, 0.3) is 0 Å². The van der Waals surface area contributed by atoms with Gasteiger partial charge in [-0.05, 0) is 51.3 Å². The fourth-order valence-electron chi connectivity index (χ4n) is 5.41. The van der Waals surface area contributed by atoms with Crippen molar-refractivity contribution >= 4 is 28.1 Å². The van der Waals surface area contributed by atoms with E-state index in [0.29, 0.717) is 11.1 Å². The zero-order valence-corrected chi connectivity index (χ0v) is 17.8. The number of nitrogens with zero attached hydrogens (tertiary/aromatic N) is 3. The number of carbonyl (C=O) groups is 1. The SMILES string of the molecule is O=C1c2ccccc2-c2onc3c(N4CCCCC4)cc(NCCN4CCCC4)c1c23. The highest BCUT2D eigenvalue weighted by Crippen LogP contribution is 2.46. The van der Waals surface area contributed by atoms with Gasteiger partial charge in [-0.1, -0.05) is 29.4 Å². The quantitative estimate of drug-likeness (QED) is 0.516. The first-order valence-electron chi connectivity index (χ1n) is 11.6. The van der Waals surface area contributed by atoms with Crippen molar-refractivity contribution in [2.75, 3.05) is 49.5 Å². The summed E-state index contributed by atoms with van der Waals surface area (Å²) in [6.07, 6.45) is 6.22. The highest BCUT2D eigenvalue weighted by atomic mass is 16.5. The molecule has 3 aromatic rings. The van der Waals surface area contributed by atoms with Crippen molar-refractivity contribution in [3.05, 3.63) is 41.5 Å². The van der Waals surface area contributed by atoms with E-state index in [-0.39, 0.29) is 5.78 Å². The van der Waals surface area contributed by atoms with Gasteiger partial charge in [0.05, 0.1) is 16.6 Å². The summed E-state index contributed by atoms with van der Waals surface area (Å²) in [6.45, 7) is 6.22. The van der Waals surface area contributed by atoms with Crippen LogP contribution in [0.2, 0.25) is 0 Å². The Kier molecular flexibility index (Phi) is 4.68. The van der Waals surface area contributed by atoms with Crippen molar-refractivity contribution in [2.45, 2.75) is 32.1 Å². The minimum Gasteiger partial charge on any atom is -0.383 e. The lowest BCUT2D eigenvalue weighted by Crippen LogP contribution is -2.30. The molecule has 0 atom stereocenters. The number of piperidine rings is 1. The smallest absolute Gasteiger partial charge is 0.196 e. The van der Waals surface area contributed by atoms with Gasteiger partial charge >= 0.3 is 0 Å². The number of hydrogen-bond donors (Lipinski definition) is 1. The second-order valence-electron chi connectivity index (χ2n) is 8.95. The molecule has 31 heavy (non-hydrogen) atoms. The fraction of sp³-hybridized carbons (Fsp3) is 0.440. The zero-order chi connectivity index (χ0) is 20.8. The maximum absolute atomic E-state index is 13.6. The minimum atomic E-state index is 0.0603. The lowest BCUT2D eigenvalue weighted by molar-refractivity contribution is 0.104. The van der Waals surface area contributed by atoms with E-state index in [9.17, 15) is 4.79 Å². The third kappa shape index (κ3) is 3.12. The maximum atomic E-state index is 13.6. The molecule has 3 aliphatic rings. The predicted molar refractivity (Wildman–Crippen MR) is 123 cm³/mol. The normalized spacial score (nSPS) is 18.6. The summed E-state index contributed by atoms with van der Waals surface area (Å²) in [4.78, 5) is 18.5. The molecule has 6 rings (SSSR count). The molecule has 0 radical (unpaired) electrons. The summed E-state index contributed by atoms with van der Waals surface area (Å²) in [5.74, 6) is 0.784. The Balaban J connectivity index is 1.47. The van der Waals surface area contributed by atoms with Crippen molar-refractivity contribution in [1.82, 2.24) is 10.1 Å². The molecule has 6 nitrogen and oxygen atoms in total. The van der Waals surface area contributed by atoms with Gasteiger partial charge in [0.2, 0.25) is 0 Å². The second-order valence-corrected chi connectivity index (χ2v) is 8.95. The number of fused-ring (bicyclic) bond motifs is 2. The van der Waals surface area contributed by atoms with Crippen molar-refractivity contribution in [1.29, 1.82) is 0 Å². The predicted octanol–water partition coefficient (Wildman–Crippen LogP) is 4.54. The van der Waals surface area contributed by atoms with E-state index in [1.54, 1.807) is 0 Å². The van der Waals surface area contributed by atoms with Gasteiger partial charge in [-0.25, -0.2) is 0 Å².